The number of aliphatic hydroxyl groups is 1. The summed E-state index contributed by atoms with van der Waals surface area (Å²) in [6.45, 7) is 3.70. The quantitative estimate of drug-likeness (QED) is 0.749. The zero-order valence-electron chi connectivity index (χ0n) is 11.0. The fraction of sp³-hybridized carbons (Fsp3) is 0.500. The third-order valence-corrected chi connectivity index (χ3v) is 3.39. The van der Waals surface area contributed by atoms with Gasteiger partial charge in [-0.25, -0.2) is 0 Å². The maximum absolute atomic E-state index is 12.2. The van der Waals surface area contributed by atoms with E-state index >= 15 is 0 Å². The minimum absolute atomic E-state index is 0.0470. The molecule has 19 heavy (non-hydrogen) atoms. The van der Waals surface area contributed by atoms with Crippen LogP contribution < -0.4 is 0 Å². The molecule has 0 saturated heterocycles. The fourth-order valence-corrected chi connectivity index (χ4v) is 2.31. The number of hydrogen-bond acceptors (Lipinski definition) is 3. The van der Waals surface area contributed by atoms with Gasteiger partial charge in [0.2, 0.25) is 0 Å². The first-order valence-electron chi connectivity index (χ1n) is 6.40. The zero-order valence-corrected chi connectivity index (χ0v) is 12.5. The molecule has 5 heteroatoms. The van der Waals surface area contributed by atoms with Crippen LogP contribution in [-0.4, -0.2) is 42.0 Å². The molecule has 0 aromatic heterocycles. The van der Waals surface area contributed by atoms with Crippen molar-refractivity contribution >= 4 is 29.0 Å². The van der Waals surface area contributed by atoms with Crippen LogP contribution in [-0.2, 0) is 0 Å². The van der Waals surface area contributed by atoms with E-state index in [1.54, 1.807) is 18.2 Å². The number of hydrogen-bond donors (Lipinski definition) is 1. The van der Waals surface area contributed by atoms with Crippen LogP contribution in [0, 0.1) is 0 Å². The first-order valence-corrected chi connectivity index (χ1v) is 7.15. The molecule has 106 valence electrons. The van der Waals surface area contributed by atoms with Gasteiger partial charge in [0, 0.05) is 17.1 Å². The first-order chi connectivity index (χ1) is 9.08. The second-order valence-electron chi connectivity index (χ2n) is 4.40. The van der Waals surface area contributed by atoms with Crippen molar-refractivity contribution in [3.05, 3.63) is 33.8 Å². The van der Waals surface area contributed by atoms with Crippen LogP contribution in [0.5, 0.6) is 0 Å². The number of carbonyl (C=O) groups excluding carboxylic acids is 1. The molecule has 1 aromatic carbocycles. The van der Waals surface area contributed by atoms with E-state index in [2.05, 4.69) is 6.92 Å². The highest BCUT2D eigenvalue weighted by molar-refractivity contribution is 6.36. The normalized spacial score (nSPS) is 11.0. The molecule has 1 aromatic rings. The molecule has 0 aliphatic rings. The largest absolute Gasteiger partial charge is 0.395 e. The summed E-state index contributed by atoms with van der Waals surface area (Å²) >= 11 is 11.8. The molecule has 0 radical (unpaired) electrons. The second kappa shape index (κ2) is 8.54. The van der Waals surface area contributed by atoms with Crippen molar-refractivity contribution in [1.29, 1.82) is 0 Å². The van der Waals surface area contributed by atoms with Crippen molar-refractivity contribution in [2.45, 2.75) is 19.8 Å². The van der Waals surface area contributed by atoms with Crippen LogP contribution in [0.15, 0.2) is 18.2 Å². The van der Waals surface area contributed by atoms with Gasteiger partial charge in [0.25, 0.3) is 0 Å². The molecular weight excluding hydrogens is 285 g/mol. The van der Waals surface area contributed by atoms with E-state index < -0.39 is 0 Å². The van der Waals surface area contributed by atoms with E-state index in [0.29, 0.717) is 22.2 Å². The van der Waals surface area contributed by atoms with Crippen molar-refractivity contribution in [2.24, 2.45) is 0 Å². The Kier molecular flexibility index (Phi) is 7.39. The lowest BCUT2D eigenvalue weighted by atomic mass is 10.1. The Hall–Kier alpha value is -0.610. The lowest BCUT2D eigenvalue weighted by Gasteiger charge is -2.20. The summed E-state index contributed by atoms with van der Waals surface area (Å²) < 4.78 is 0. The van der Waals surface area contributed by atoms with Gasteiger partial charge >= 0.3 is 0 Å². The third-order valence-electron chi connectivity index (χ3n) is 2.84. The second-order valence-corrected chi connectivity index (χ2v) is 5.24. The number of carbonyl (C=O) groups is 1. The van der Waals surface area contributed by atoms with Crippen LogP contribution >= 0.6 is 23.2 Å². The van der Waals surface area contributed by atoms with E-state index in [4.69, 9.17) is 28.3 Å². The number of halogens is 2. The first kappa shape index (κ1) is 16.4. The lowest BCUT2D eigenvalue weighted by molar-refractivity contribution is 0.0913. The van der Waals surface area contributed by atoms with E-state index in [1.165, 1.54) is 0 Å². The Morgan fingerprint density at radius 3 is 2.63 bits per heavy atom. The SMILES string of the molecule is CCCCN(CCO)CC(=O)c1ccc(Cl)cc1Cl. The van der Waals surface area contributed by atoms with Crippen molar-refractivity contribution in [2.75, 3.05) is 26.2 Å². The summed E-state index contributed by atoms with van der Waals surface area (Å²) in [7, 11) is 0. The van der Waals surface area contributed by atoms with Gasteiger partial charge < -0.3 is 5.11 Å². The molecule has 0 saturated carbocycles. The van der Waals surface area contributed by atoms with Crippen molar-refractivity contribution in [3.63, 3.8) is 0 Å². The van der Waals surface area contributed by atoms with Gasteiger partial charge in [0.1, 0.15) is 0 Å². The maximum Gasteiger partial charge on any atom is 0.178 e. The molecule has 0 spiro atoms. The highest BCUT2D eigenvalue weighted by Crippen LogP contribution is 2.21. The number of aliphatic hydroxyl groups excluding tert-OH is 1. The standard InChI is InChI=1S/C14H19Cl2NO2/c1-2-3-6-17(7-8-18)10-14(19)12-5-4-11(15)9-13(12)16/h4-5,9,18H,2-3,6-8,10H2,1H3. The van der Waals surface area contributed by atoms with Crippen LogP contribution in [0.3, 0.4) is 0 Å². The molecule has 0 atom stereocenters. The Morgan fingerprint density at radius 2 is 2.05 bits per heavy atom. The van der Waals surface area contributed by atoms with Gasteiger partial charge in [-0.2, -0.15) is 0 Å². The van der Waals surface area contributed by atoms with Crippen LogP contribution in [0.2, 0.25) is 10.0 Å². The monoisotopic (exact) mass is 303 g/mol. The third kappa shape index (κ3) is 5.49. The molecule has 0 heterocycles. The minimum Gasteiger partial charge on any atom is -0.395 e. The molecule has 3 nitrogen and oxygen atoms in total. The Balaban J connectivity index is 2.69. The van der Waals surface area contributed by atoms with Crippen molar-refractivity contribution in [1.82, 2.24) is 4.90 Å². The smallest absolute Gasteiger partial charge is 0.178 e. The molecule has 0 aliphatic carbocycles. The molecule has 0 bridgehead atoms. The number of unbranched alkanes of at least 4 members (excludes halogenated alkanes) is 1. The Morgan fingerprint density at radius 1 is 1.32 bits per heavy atom. The van der Waals surface area contributed by atoms with Gasteiger partial charge in [-0.05, 0) is 31.2 Å². The summed E-state index contributed by atoms with van der Waals surface area (Å²) in [6.07, 6.45) is 2.06. The minimum atomic E-state index is -0.0498. The molecule has 1 N–H and O–H groups in total. The molecular formula is C14H19Cl2NO2. The van der Waals surface area contributed by atoms with Crippen LogP contribution in [0.25, 0.3) is 0 Å². The van der Waals surface area contributed by atoms with Gasteiger partial charge in [-0.15, -0.1) is 0 Å². The Bertz CT molecular complexity index is 424. The molecule has 0 fully saturated rings. The number of benzene rings is 1. The Labute approximate surface area is 124 Å². The summed E-state index contributed by atoms with van der Waals surface area (Å²) in [5.74, 6) is -0.0498. The van der Waals surface area contributed by atoms with Gasteiger partial charge in [-0.1, -0.05) is 36.5 Å². The highest BCUT2D eigenvalue weighted by atomic mass is 35.5. The average molecular weight is 304 g/mol. The van der Waals surface area contributed by atoms with E-state index in [9.17, 15) is 4.79 Å². The van der Waals surface area contributed by atoms with E-state index in [-0.39, 0.29) is 18.9 Å². The molecule has 0 amide bonds. The van der Waals surface area contributed by atoms with Crippen molar-refractivity contribution in [3.8, 4) is 0 Å². The molecule has 1 rings (SSSR count). The highest BCUT2D eigenvalue weighted by Gasteiger charge is 2.14. The molecule has 0 aliphatic heterocycles. The summed E-state index contributed by atoms with van der Waals surface area (Å²) in [6, 6.07) is 4.87. The topological polar surface area (TPSA) is 40.5 Å². The summed E-state index contributed by atoms with van der Waals surface area (Å²) in [4.78, 5) is 14.1. The number of Topliss-reactive ketones (excluding diaryl/α,β-unsaturated/α-hetero) is 1. The lowest BCUT2D eigenvalue weighted by Crippen LogP contribution is -2.33. The fourth-order valence-electron chi connectivity index (χ4n) is 1.80. The maximum atomic E-state index is 12.2. The summed E-state index contributed by atoms with van der Waals surface area (Å²) in [5.41, 5.74) is 0.477. The zero-order chi connectivity index (χ0) is 14.3. The van der Waals surface area contributed by atoms with Gasteiger partial charge in [-0.3, -0.25) is 9.69 Å². The predicted octanol–water partition coefficient (Wildman–Crippen LogP) is 3.27. The van der Waals surface area contributed by atoms with Crippen molar-refractivity contribution < 1.29 is 9.90 Å². The van der Waals surface area contributed by atoms with Crippen LogP contribution in [0.1, 0.15) is 30.1 Å². The average Bonchev–Trinajstić information content (AvgIpc) is 2.36. The predicted molar refractivity (Wildman–Crippen MR) is 79.2 cm³/mol. The summed E-state index contributed by atoms with van der Waals surface area (Å²) in [5, 5.41) is 9.90. The van der Waals surface area contributed by atoms with Gasteiger partial charge in [0.05, 0.1) is 18.2 Å². The van der Waals surface area contributed by atoms with Crippen LogP contribution in [0.4, 0.5) is 0 Å². The number of ketones is 1. The number of rotatable bonds is 8. The van der Waals surface area contributed by atoms with E-state index in [0.717, 1.165) is 19.4 Å². The number of nitrogens with zero attached hydrogens (tertiary/aromatic N) is 1. The van der Waals surface area contributed by atoms with E-state index in [1.807, 2.05) is 4.90 Å². The van der Waals surface area contributed by atoms with Gasteiger partial charge in [0.15, 0.2) is 5.78 Å². The molecule has 0 unspecified atom stereocenters.